The third-order valence-electron chi connectivity index (χ3n) is 3.92. The van der Waals surface area contributed by atoms with Crippen LogP contribution in [0.25, 0.3) is 0 Å². The summed E-state index contributed by atoms with van der Waals surface area (Å²) in [6.07, 6.45) is -3.57. The van der Waals surface area contributed by atoms with E-state index in [1.54, 1.807) is 0 Å². The molecule has 0 unspecified atom stereocenters. The molecule has 2 N–H and O–H groups in total. The Morgan fingerprint density at radius 2 is 1.91 bits per heavy atom. The average molecular weight is 319 g/mol. The van der Waals surface area contributed by atoms with Crippen molar-refractivity contribution in [2.45, 2.75) is 25.2 Å². The van der Waals surface area contributed by atoms with Gasteiger partial charge < -0.3 is 4.90 Å². The Kier molecular flexibility index (Phi) is 4.96. The van der Waals surface area contributed by atoms with Crippen LogP contribution in [0.5, 0.6) is 0 Å². The largest absolute Gasteiger partial charge is 0.416 e. The molecular formula is C14H20F3N3O2. The standard InChI is InChI=1S/C14H20F3N3O2/c1-18(2)12-3-4-19(9-12)8-10-5-11(14(15,16)17)7-13(6-10)20(21)22/h5-7,12,21-22H,3-4,8-9H2,1-2H3/t12-/m1/s1. The van der Waals surface area contributed by atoms with Crippen molar-refractivity contribution in [3.8, 4) is 0 Å². The number of rotatable bonds is 4. The van der Waals surface area contributed by atoms with Crippen molar-refractivity contribution in [3.63, 3.8) is 0 Å². The summed E-state index contributed by atoms with van der Waals surface area (Å²) >= 11 is 0. The van der Waals surface area contributed by atoms with Gasteiger partial charge >= 0.3 is 6.18 Å². The van der Waals surface area contributed by atoms with Crippen LogP contribution in [0.4, 0.5) is 18.9 Å². The molecule has 0 saturated carbocycles. The predicted octanol–water partition coefficient (Wildman–Crippen LogP) is 2.43. The first-order chi connectivity index (χ1) is 10.2. The van der Waals surface area contributed by atoms with Crippen LogP contribution < -0.4 is 5.23 Å². The van der Waals surface area contributed by atoms with Crippen LogP contribution in [0.1, 0.15) is 17.5 Å². The van der Waals surface area contributed by atoms with Gasteiger partial charge in [0.2, 0.25) is 0 Å². The van der Waals surface area contributed by atoms with Crippen LogP contribution in [0.15, 0.2) is 18.2 Å². The summed E-state index contributed by atoms with van der Waals surface area (Å²) in [6, 6.07) is 3.49. The highest BCUT2D eigenvalue weighted by Gasteiger charge is 2.32. The van der Waals surface area contributed by atoms with Gasteiger partial charge in [-0.1, -0.05) is 0 Å². The van der Waals surface area contributed by atoms with Crippen molar-refractivity contribution in [1.82, 2.24) is 9.80 Å². The lowest BCUT2D eigenvalue weighted by Gasteiger charge is -2.21. The number of hydrogen-bond acceptors (Lipinski definition) is 5. The highest BCUT2D eigenvalue weighted by Crippen LogP contribution is 2.33. The molecule has 1 aliphatic heterocycles. The Balaban J connectivity index is 2.18. The normalized spacial score (nSPS) is 19.9. The number of halogens is 3. The van der Waals surface area contributed by atoms with Gasteiger partial charge in [-0.2, -0.15) is 13.2 Å². The number of alkyl halides is 3. The summed E-state index contributed by atoms with van der Waals surface area (Å²) in [5.74, 6) is 0. The zero-order valence-corrected chi connectivity index (χ0v) is 12.5. The number of benzene rings is 1. The molecule has 8 heteroatoms. The summed E-state index contributed by atoms with van der Waals surface area (Å²) in [4.78, 5) is 4.16. The fourth-order valence-electron chi connectivity index (χ4n) is 2.68. The van der Waals surface area contributed by atoms with Crippen molar-refractivity contribution >= 4 is 5.69 Å². The van der Waals surface area contributed by atoms with Gasteiger partial charge in [-0.05, 0) is 44.3 Å². The maximum Gasteiger partial charge on any atom is 0.416 e. The zero-order chi connectivity index (χ0) is 16.5. The van der Waals surface area contributed by atoms with Crippen molar-refractivity contribution in [2.24, 2.45) is 0 Å². The summed E-state index contributed by atoms with van der Waals surface area (Å²) in [7, 11) is 3.96. The van der Waals surface area contributed by atoms with Crippen molar-refractivity contribution in [3.05, 3.63) is 29.3 Å². The van der Waals surface area contributed by atoms with Crippen LogP contribution in [0, 0.1) is 0 Å². The fourth-order valence-corrected chi connectivity index (χ4v) is 2.68. The average Bonchev–Trinajstić information content (AvgIpc) is 2.86. The monoisotopic (exact) mass is 319 g/mol. The van der Waals surface area contributed by atoms with Crippen molar-refractivity contribution in [1.29, 1.82) is 0 Å². The van der Waals surface area contributed by atoms with Crippen LogP contribution in [-0.2, 0) is 12.7 Å². The smallest absolute Gasteiger partial charge is 0.305 e. The number of anilines is 1. The molecule has 0 spiro atoms. The molecule has 1 aromatic carbocycles. The van der Waals surface area contributed by atoms with Crippen molar-refractivity contribution in [2.75, 3.05) is 32.4 Å². The maximum atomic E-state index is 12.9. The van der Waals surface area contributed by atoms with E-state index in [0.29, 0.717) is 24.2 Å². The molecule has 0 radical (unpaired) electrons. The summed E-state index contributed by atoms with van der Waals surface area (Å²) < 4.78 is 38.7. The molecule has 1 aliphatic rings. The predicted molar refractivity (Wildman–Crippen MR) is 74.9 cm³/mol. The third kappa shape index (κ3) is 4.10. The molecule has 0 bridgehead atoms. The van der Waals surface area contributed by atoms with E-state index in [-0.39, 0.29) is 10.9 Å². The van der Waals surface area contributed by atoms with Gasteiger partial charge in [0.15, 0.2) is 0 Å². The minimum atomic E-state index is -4.53. The summed E-state index contributed by atoms with van der Waals surface area (Å²) in [6.45, 7) is 1.92. The van der Waals surface area contributed by atoms with Gasteiger partial charge in [-0.15, -0.1) is 5.23 Å². The molecule has 1 aromatic rings. The number of hydrogen-bond donors (Lipinski definition) is 2. The van der Waals surface area contributed by atoms with Gasteiger partial charge in [0.1, 0.15) is 0 Å². The first kappa shape index (κ1) is 17.0. The van der Waals surface area contributed by atoms with E-state index in [1.807, 2.05) is 14.1 Å². The van der Waals surface area contributed by atoms with E-state index in [4.69, 9.17) is 10.4 Å². The Morgan fingerprint density at radius 1 is 1.23 bits per heavy atom. The number of nitrogens with zero attached hydrogens (tertiary/aromatic N) is 3. The molecule has 1 saturated heterocycles. The Labute approximate surface area is 127 Å². The lowest BCUT2D eigenvalue weighted by Crippen LogP contribution is -2.31. The first-order valence-corrected chi connectivity index (χ1v) is 6.94. The van der Waals surface area contributed by atoms with Crippen LogP contribution in [0.2, 0.25) is 0 Å². The van der Waals surface area contributed by atoms with Crippen LogP contribution >= 0.6 is 0 Å². The molecule has 0 aromatic heterocycles. The highest BCUT2D eigenvalue weighted by molar-refractivity contribution is 5.48. The minimum Gasteiger partial charge on any atom is -0.305 e. The Hall–Kier alpha value is -1.35. The quantitative estimate of drug-likeness (QED) is 0.835. The van der Waals surface area contributed by atoms with Gasteiger partial charge in [-0.25, -0.2) is 0 Å². The molecule has 0 amide bonds. The van der Waals surface area contributed by atoms with Crippen molar-refractivity contribution < 1.29 is 23.6 Å². The summed E-state index contributed by atoms with van der Waals surface area (Å²) in [5.41, 5.74) is -0.790. The van der Waals surface area contributed by atoms with Gasteiger partial charge in [0.25, 0.3) is 0 Å². The topological polar surface area (TPSA) is 50.2 Å². The zero-order valence-electron chi connectivity index (χ0n) is 12.5. The number of likely N-dealkylation sites (tertiary alicyclic amines) is 1. The van der Waals surface area contributed by atoms with Gasteiger partial charge in [0.05, 0.1) is 11.3 Å². The van der Waals surface area contributed by atoms with E-state index in [2.05, 4.69) is 9.80 Å². The minimum absolute atomic E-state index is 0.286. The second-order valence-electron chi connectivity index (χ2n) is 5.82. The van der Waals surface area contributed by atoms with E-state index in [1.165, 1.54) is 6.07 Å². The molecule has 124 valence electrons. The highest BCUT2D eigenvalue weighted by atomic mass is 19.4. The van der Waals surface area contributed by atoms with E-state index in [0.717, 1.165) is 25.6 Å². The lowest BCUT2D eigenvalue weighted by molar-refractivity contribution is -0.137. The molecular weight excluding hydrogens is 299 g/mol. The first-order valence-electron chi connectivity index (χ1n) is 6.94. The molecule has 0 aliphatic carbocycles. The Bertz CT molecular complexity index is 521. The fraction of sp³-hybridized carbons (Fsp3) is 0.571. The molecule has 2 rings (SSSR count). The molecule has 1 heterocycles. The number of likely N-dealkylation sites (N-methyl/N-ethyl adjacent to an activating group) is 1. The van der Waals surface area contributed by atoms with Gasteiger partial charge in [-0.3, -0.25) is 15.3 Å². The Morgan fingerprint density at radius 3 is 2.41 bits per heavy atom. The van der Waals surface area contributed by atoms with E-state index < -0.39 is 11.7 Å². The van der Waals surface area contributed by atoms with Crippen LogP contribution in [0.3, 0.4) is 0 Å². The van der Waals surface area contributed by atoms with E-state index >= 15 is 0 Å². The van der Waals surface area contributed by atoms with Gasteiger partial charge in [0, 0.05) is 25.7 Å². The van der Waals surface area contributed by atoms with E-state index in [9.17, 15) is 13.2 Å². The maximum absolute atomic E-state index is 12.9. The summed E-state index contributed by atoms with van der Waals surface area (Å²) in [5, 5.41) is 17.7. The SMILES string of the molecule is CN(C)[C@@H]1CCN(Cc2cc(N(O)O)cc(C(F)(F)F)c2)C1. The lowest BCUT2D eigenvalue weighted by atomic mass is 10.1. The second-order valence-corrected chi connectivity index (χ2v) is 5.82. The van der Waals surface area contributed by atoms with Crippen LogP contribution in [-0.4, -0.2) is 53.4 Å². The molecule has 5 nitrogen and oxygen atoms in total. The molecule has 1 atom stereocenters. The molecule has 22 heavy (non-hydrogen) atoms. The second kappa shape index (κ2) is 6.41. The molecule has 1 fully saturated rings. The third-order valence-corrected chi connectivity index (χ3v) is 3.92.